The van der Waals surface area contributed by atoms with E-state index in [4.69, 9.17) is 9.47 Å². The summed E-state index contributed by atoms with van der Waals surface area (Å²) in [6, 6.07) is 16.9. The summed E-state index contributed by atoms with van der Waals surface area (Å²) >= 11 is 1.16. The normalized spacial score (nSPS) is 10.5. The minimum Gasteiger partial charge on any atom is -0.497 e. The Morgan fingerprint density at radius 3 is 2.18 bits per heavy atom. The van der Waals surface area contributed by atoms with Crippen LogP contribution in [0.2, 0.25) is 0 Å². The zero-order valence-electron chi connectivity index (χ0n) is 21.3. The number of hydrogen-bond acceptors (Lipinski definition) is 9. The highest BCUT2D eigenvalue weighted by atomic mass is 32.2. The average molecular weight is 547 g/mol. The zero-order chi connectivity index (χ0) is 27.6. The Kier molecular flexibility index (Phi) is 9.25. The van der Waals surface area contributed by atoms with Crippen LogP contribution >= 0.6 is 11.8 Å². The maximum atomic E-state index is 12.8. The second-order valence-electron chi connectivity index (χ2n) is 8.02. The first-order chi connectivity index (χ1) is 18.9. The molecule has 0 radical (unpaired) electrons. The fourth-order valence-corrected chi connectivity index (χ4v) is 4.14. The molecular formula is C27H26N6O5S. The van der Waals surface area contributed by atoms with Gasteiger partial charge < -0.3 is 20.1 Å². The number of ether oxygens (including phenoxy) is 2. The molecule has 12 heteroatoms. The van der Waals surface area contributed by atoms with E-state index in [1.165, 1.54) is 4.68 Å². The number of amides is 2. The third-order valence-electron chi connectivity index (χ3n) is 5.26. The maximum absolute atomic E-state index is 12.8. The number of carbonyl (C=O) groups is 3. The Balaban J connectivity index is 1.44. The van der Waals surface area contributed by atoms with E-state index >= 15 is 0 Å². The Labute approximate surface area is 229 Å². The van der Waals surface area contributed by atoms with Crippen molar-refractivity contribution in [3.8, 4) is 17.1 Å². The van der Waals surface area contributed by atoms with Crippen molar-refractivity contribution in [2.24, 2.45) is 0 Å². The number of benzene rings is 2. The lowest BCUT2D eigenvalue weighted by molar-refractivity contribution is -0.117. The van der Waals surface area contributed by atoms with Crippen molar-refractivity contribution in [2.75, 3.05) is 30.1 Å². The minimum atomic E-state index is -0.431. The lowest BCUT2D eigenvalue weighted by Gasteiger charge is -2.09. The molecule has 0 unspecified atom stereocenters. The molecule has 0 aliphatic carbocycles. The van der Waals surface area contributed by atoms with E-state index in [2.05, 4.69) is 25.7 Å². The van der Waals surface area contributed by atoms with Crippen LogP contribution in [0.25, 0.3) is 11.4 Å². The summed E-state index contributed by atoms with van der Waals surface area (Å²) in [5.41, 5.74) is 2.26. The Morgan fingerprint density at radius 2 is 1.54 bits per heavy atom. The molecule has 0 bridgehead atoms. The van der Waals surface area contributed by atoms with Gasteiger partial charge in [-0.2, -0.15) is 0 Å². The van der Waals surface area contributed by atoms with Crippen LogP contribution in [0.5, 0.6) is 5.75 Å². The minimum absolute atomic E-state index is 0.0530. The molecule has 2 aromatic carbocycles. The van der Waals surface area contributed by atoms with Gasteiger partial charge in [0.1, 0.15) is 12.3 Å². The fraction of sp³-hybridized carbons (Fsp3) is 0.185. The highest BCUT2D eigenvalue weighted by Gasteiger charge is 2.17. The molecule has 0 saturated heterocycles. The van der Waals surface area contributed by atoms with Crippen LogP contribution in [-0.4, -0.2) is 57.0 Å². The summed E-state index contributed by atoms with van der Waals surface area (Å²) in [6.07, 6.45) is 3.25. The molecule has 0 spiro atoms. The van der Waals surface area contributed by atoms with Crippen LogP contribution in [0, 0.1) is 0 Å². The first-order valence-corrected chi connectivity index (χ1v) is 12.9. The number of anilines is 2. The van der Waals surface area contributed by atoms with Crippen molar-refractivity contribution in [1.29, 1.82) is 0 Å². The van der Waals surface area contributed by atoms with E-state index in [1.807, 2.05) is 0 Å². The number of hydrogen-bond donors (Lipinski definition) is 2. The van der Waals surface area contributed by atoms with Crippen molar-refractivity contribution in [3.63, 3.8) is 0 Å². The predicted octanol–water partition coefficient (Wildman–Crippen LogP) is 3.89. The van der Waals surface area contributed by atoms with Gasteiger partial charge in [-0.1, -0.05) is 11.8 Å². The molecule has 0 atom stereocenters. The molecule has 0 saturated carbocycles. The summed E-state index contributed by atoms with van der Waals surface area (Å²) in [7, 11) is 1.57. The maximum Gasteiger partial charge on any atom is 0.338 e. The van der Waals surface area contributed by atoms with Gasteiger partial charge in [-0.25, -0.2) is 14.5 Å². The van der Waals surface area contributed by atoms with Crippen LogP contribution in [0.4, 0.5) is 11.4 Å². The van der Waals surface area contributed by atoms with Crippen LogP contribution in [0.15, 0.2) is 78.2 Å². The van der Waals surface area contributed by atoms with E-state index in [1.54, 1.807) is 87.1 Å². The summed E-state index contributed by atoms with van der Waals surface area (Å²) in [6.45, 7) is 1.87. The number of nitrogens with one attached hydrogen (secondary N) is 2. The fourth-order valence-electron chi connectivity index (χ4n) is 3.40. The molecule has 0 aliphatic heterocycles. The van der Waals surface area contributed by atoms with E-state index < -0.39 is 5.97 Å². The lowest BCUT2D eigenvalue weighted by atomic mass is 10.2. The van der Waals surface area contributed by atoms with Gasteiger partial charge >= 0.3 is 5.97 Å². The predicted molar refractivity (Wildman–Crippen MR) is 147 cm³/mol. The summed E-state index contributed by atoms with van der Waals surface area (Å²) in [5.74, 6) is 0.122. The molecule has 2 heterocycles. The van der Waals surface area contributed by atoms with Crippen molar-refractivity contribution >= 4 is 40.9 Å². The number of methoxy groups -OCH3 is 1. The Bertz CT molecular complexity index is 1430. The number of carbonyl (C=O) groups excluding carboxylic acids is 3. The van der Waals surface area contributed by atoms with Gasteiger partial charge in [0.15, 0.2) is 11.0 Å². The second-order valence-corrected chi connectivity index (χ2v) is 8.97. The lowest BCUT2D eigenvalue weighted by Crippen LogP contribution is -2.21. The van der Waals surface area contributed by atoms with E-state index in [0.717, 1.165) is 17.3 Å². The number of pyridine rings is 1. The summed E-state index contributed by atoms with van der Waals surface area (Å²) < 4.78 is 11.6. The van der Waals surface area contributed by atoms with Crippen LogP contribution in [0.3, 0.4) is 0 Å². The SMILES string of the molecule is CCOC(=O)c1ccc(NC(=O)Cn2nc(-c3ccncc3)nc2SCC(=O)Nc2ccc(OC)cc2)cc1. The standard InChI is InChI=1S/C27H26N6O5S/c1-3-38-26(36)19-4-6-20(7-5-19)29-23(34)16-33-27(31-25(32-33)18-12-14-28-15-13-18)39-17-24(35)30-21-8-10-22(37-2)11-9-21/h4-15H,3,16-17H2,1-2H3,(H,29,34)(H,30,35). The zero-order valence-corrected chi connectivity index (χ0v) is 22.1. The van der Waals surface area contributed by atoms with Gasteiger partial charge in [-0.05, 0) is 67.6 Å². The Morgan fingerprint density at radius 1 is 0.897 bits per heavy atom. The van der Waals surface area contributed by atoms with Crippen LogP contribution < -0.4 is 15.4 Å². The third kappa shape index (κ3) is 7.65. The number of nitrogens with zero attached hydrogens (tertiary/aromatic N) is 4. The number of aromatic nitrogens is 4. The molecule has 11 nitrogen and oxygen atoms in total. The van der Waals surface area contributed by atoms with Gasteiger partial charge in [0, 0.05) is 29.3 Å². The molecule has 2 aromatic heterocycles. The molecule has 0 fully saturated rings. The molecule has 2 N–H and O–H groups in total. The highest BCUT2D eigenvalue weighted by Crippen LogP contribution is 2.22. The smallest absolute Gasteiger partial charge is 0.338 e. The first kappa shape index (κ1) is 27.3. The van der Waals surface area contributed by atoms with Crippen LogP contribution in [0.1, 0.15) is 17.3 Å². The van der Waals surface area contributed by atoms with E-state index in [9.17, 15) is 14.4 Å². The summed E-state index contributed by atoms with van der Waals surface area (Å²) in [4.78, 5) is 45.8. The van der Waals surface area contributed by atoms with Crippen molar-refractivity contribution < 1.29 is 23.9 Å². The van der Waals surface area contributed by atoms with Gasteiger partial charge in [-0.15, -0.1) is 5.10 Å². The summed E-state index contributed by atoms with van der Waals surface area (Å²) in [5, 5.41) is 10.5. The van der Waals surface area contributed by atoms with Gasteiger partial charge in [-0.3, -0.25) is 14.6 Å². The quantitative estimate of drug-likeness (QED) is 0.212. The second kappa shape index (κ2) is 13.2. The van der Waals surface area contributed by atoms with Crippen molar-refractivity contribution in [2.45, 2.75) is 18.6 Å². The number of rotatable bonds is 11. The first-order valence-electron chi connectivity index (χ1n) is 11.9. The molecule has 0 aliphatic rings. The van der Waals surface area contributed by atoms with Crippen molar-refractivity contribution in [1.82, 2.24) is 19.7 Å². The highest BCUT2D eigenvalue weighted by molar-refractivity contribution is 7.99. The topological polar surface area (TPSA) is 137 Å². The molecule has 2 amide bonds. The molecule has 200 valence electrons. The van der Waals surface area contributed by atoms with Crippen molar-refractivity contribution in [3.05, 3.63) is 78.6 Å². The van der Waals surface area contributed by atoms with Gasteiger partial charge in [0.25, 0.3) is 0 Å². The van der Waals surface area contributed by atoms with Gasteiger partial charge in [0.2, 0.25) is 11.8 Å². The average Bonchev–Trinajstić information content (AvgIpc) is 3.35. The van der Waals surface area contributed by atoms with E-state index in [0.29, 0.717) is 33.7 Å². The van der Waals surface area contributed by atoms with Gasteiger partial charge in [0.05, 0.1) is 25.0 Å². The monoisotopic (exact) mass is 546 g/mol. The van der Waals surface area contributed by atoms with Crippen LogP contribution in [-0.2, 0) is 20.9 Å². The molecule has 4 aromatic rings. The molecular weight excluding hydrogens is 520 g/mol. The number of esters is 1. The number of thioether (sulfide) groups is 1. The molecule has 39 heavy (non-hydrogen) atoms. The largest absolute Gasteiger partial charge is 0.497 e. The Hall–Kier alpha value is -4.71. The third-order valence-corrected chi connectivity index (χ3v) is 6.22. The van der Waals surface area contributed by atoms with E-state index in [-0.39, 0.29) is 30.7 Å². The molecule has 4 rings (SSSR count).